The molecule has 0 saturated carbocycles. The number of rotatable bonds is 4. The van der Waals surface area contributed by atoms with Crippen LogP contribution in [-0.2, 0) is 6.54 Å². The SMILES string of the molecule is CC1CN(Cc2occc2C(=O)NN)CC1N(C)C. The second kappa shape index (κ2) is 5.73. The zero-order valence-corrected chi connectivity index (χ0v) is 11.7. The number of hydrogen-bond donors (Lipinski definition) is 2. The number of likely N-dealkylation sites (tertiary alicyclic amines) is 1. The molecule has 2 heterocycles. The van der Waals surface area contributed by atoms with E-state index in [0.717, 1.165) is 13.1 Å². The van der Waals surface area contributed by atoms with Crippen LogP contribution in [-0.4, -0.2) is 48.9 Å². The van der Waals surface area contributed by atoms with Crippen molar-refractivity contribution in [1.82, 2.24) is 15.2 Å². The van der Waals surface area contributed by atoms with Crippen molar-refractivity contribution < 1.29 is 9.21 Å². The van der Waals surface area contributed by atoms with Crippen LogP contribution in [0.2, 0.25) is 0 Å². The number of hydrogen-bond acceptors (Lipinski definition) is 5. The summed E-state index contributed by atoms with van der Waals surface area (Å²) in [5.41, 5.74) is 2.66. The molecule has 2 atom stereocenters. The van der Waals surface area contributed by atoms with E-state index in [4.69, 9.17) is 10.3 Å². The van der Waals surface area contributed by atoms with Crippen LogP contribution in [0, 0.1) is 5.92 Å². The van der Waals surface area contributed by atoms with E-state index in [1.54, 1.807) is 6.07 Å². The number of amides is 1. The highest BCUT2D eigenvalue weighted by Crippen LogP contribution is 2.23. The standard InChI is InChI=1S/C13H22N4O2/c1-9-6-17(7-11(9)16(2)3)8-12-10(4-5-19-12)13(18)15-14/h4-5,9,11H,6-8,14H2,1-3H3,(H,15,18). The van der Waals surface area contributed by atoms with Gasteiger partial charge in [-0.3, -0.25) is 15.1 Å². The van der Waals surface area contributed by atoms with Gasteiger partial charge in [0.2, 0.25) is 0 Å². The van der Waals surface area contributed by atoms with E-state index in [2.05, 4.69) is 36.2 Å². The van der Waals surface area contributed by atoms with Crippen LogP contribution in [0.4, 0.5) is 0 Å². The summed E-state index contributed by atoms with van der Waals surface area (Å²) in [7, 11) is 4.20. The quantitative estimate of drug-likeness (QED) is 0.465. The number of nitrogens with zero attached hydrogens (tertiary/aromatic N) is 2. The molecule has 0 spiro atoms. The Labute approximate surface area is 113 Å². The number of nitrogen functional groups attached to an aromatic ring is 1. The first-order valence-corrected chi connectivity index (χ1v) is 6.49. The highest BCUT2D eigenvalue weighted by atomic mass is 16.3. The Morgan fingerprint density at radius 2 is 2.32 bits per heavy atom. The number of carbonyl (C=O) groups is 1. The van der Waals surface area contributed by atoms with Crippen molar-refractivity contribution in [1.29, 1.82) is 0 Å². The lowest BCUT2D eigenvalue weighted by Crippen LogP contribution is -2.34. The predicted molar refractivity (Wildman–Crippen MR) is 72.3 cm³/mol. The van der Waals surface area contributed by atoms with Crippen LogP contribution in [0.15, 0.2) is 16.7 Å². The maximum absolute atomic E-state index is 11.6. The zero-order chi connectivity index (χ0) is 14.0. The fraction of sp³-hybridized carbons (Fsp3) is 0.615. The largest absolute Gasteiger partial charge is 0.467 e. The van der Waals surface area contributed by atoms with Crippen LogP contribution < -0.4 is 11.3 Å². The summed E-state index contributed by atoms with van der Waals surface area (Å²) in [5.74, 6) is 6.14. The van der Waals surface area contributed by atoms with Gasteiger partial charge < -0.3 is 9.32 Å². The summed E-state index contributed by atoms with van der Waals surface area (Å²) < 4.78 is 5.41. The summed E-state index contributed by atoms with van der Waals surface area (Å²) in [5, 5.41) is 0. The third-order valence-electron chi connectivity index (χ3n) is 3.80. The average Bonchev–Trinajstić information content (AvgIpc) is 2.95. The Morgan fingerprint density at radius 3 is 2.89 bits per heavy atom. The van der Waals surface area contributed by atoms with Gasteiger partial charge >= 0.3 is 0 Å². The van der Waals surface area contributed by atoms with E-state index in [1.807, 2.05) is 0 Å². The molecule has 2 rings (SSSR count). The van der Waals surface area contributed by atoms with Crippen molar-refractivity contribution in [3.8, 4) is 0 Å². The molecule has 1 amide bonds. The number of carbonyl (C=O) groups excluding carboxylic acids is 1. The van der Waals surface area contributed by atoms with Crippen molar-refractivity contribution >= 4 is 5.91 Å². The molecule has 1 aliphatic heterocycles. The molecule has 2 unspecified atom stereocenters. The molecule has 1 aromatic rings. The highest BCUT2D eigenvalue weighted by Gasteiger charge is 2.31. The summed E-state index contributed by atoms with van der Waals surface area (Å²) >= 11 is 0. The van der Waals surface area contributed by atoms with Gasteiger partial charge in [0, 0.05) is 19.1 Å². The smallest absolute Gasteiger partial charge is 0.268 e. The van der Waals surface area contributed by atoms with Gasteiger partial charge in [-0.2, -0.15) is 0 Å². The van der Waals surface area contributed by atoms with Gasteiger partial charge in [0.15, 0.2) is 0 Å². The van der Waals surface area contributed by atoms with Gasteiger partial charge in [-0.05, 0) is 26.1 Å². The van der Waals surface area contributed by atoms with Gasteiger partial charge in [0.1, 0.15) is 5.76 Å². The molecular formula is C13H22N4O2. The Bertz CT molecular complexity index is 444. The van der Waals surface area contributed by atoms with Crippen LogP contribution >= 0.6 is 0 Å². The Balaban J connectivity index is 2.03. The normalized spacial score (nSPS) is 24.1. The molecule has 0 radical (unpaired) electrons. The molecule has 0 bridgehead atoms. The van der Waals surface area contributed by atoms with Crippen LogP contribution in [0.5, 0.6) is 0 Å². The van der Waals surface area contributed by atoms with Crippen LogP contribution in [0.3, 0.4) is 0 Å². The van der Waals surface area contributed by atoms with Gasteiger partial charge in [-0.1, -0.05) is 6.92 Å². The van der Waals surface area contributed by atoms with Gasteiger partial charge in [0.25, 0.3) is 5.91 Å². The van der Waals surface area contributed by atoms with Crippen molar-refractivity contribution in [2.45, 2.75) is 19.5 Å². The van der Waals surface area contributed by atoms with E-state index in [1.165, 1.54) is 6.26 Å². The van der Waals surface area contributed by atoms with Crippen LogP contribution in [0.1, 0.15) is 23.0 Å². The van der Waals surface area contributed by atoms with Crippen molar-refractivity contribution in [3.05, 3.63) is 23.7 Å². The molecule has 1 aromatic heterocycles. The number of likely N-dealkylation sites (N-methyl/N-ethyl adjacent to an activating group) is 1. The van der Waals surface area contributed by atoms with E-state index in [0.29, 0.717) is 29.8 Å². The zero-order valence-electron chi connectivity index (χ0n) is 11.7. The molecule has 6 heteroatoms. The lowest BCUT2D eigenvalue weighted by Gasteiger charge is -2.22. The summed E-state index contributed by atoms with van der Waals surface area (Å²) in [6.07, 6.45) is 1.53. The topological polar surface area (TPSA) is 74.7 Å². The maximum atomic E-state index is 11.6. The van der Waals surface area contributed by atoms with Gasteiger partial charge in [-0.25, -0.2) is 5.84 Å². The first-order chi connectivity index (χ1) is 9.02. The van der Waals surface area contributed by atoms with Gasteiger partial charge in [-0.15, -0.1) is 0 Å². The highest BCUT2D eigenvalue weighted by molar-refractivity contribution is 5.94. The molecule has 3 N–H and O–H groups in total. The average molecular weight is 266 g/mol. The van der Waals surface area contributed by atoms with Crippen molar-refractivity contribution in [2.24, 2.45) is 11.8 Å². The number of hydrazine groups is 1. The monoisotopic (exact) mass is 266 g/mol. The first-order valence-electron chi connectivity index (χ1n) is 6.49. The van der Waals surface area contributed by atoms with E-state index < -0.39 is 0 Å². The fourth-order valence-electron chi connectivity index (χ4n) is 2.80. The van der Waals surface area contributed by atoms with Gasteiger partial charge in [0.05, 0.1) is 18.4 Å². The Kier molecular flexibility index (Phi) is 4.24. The Hall–Kier alpha value is -1.37. The molecule has 6 nitrogen and oxygen atoms in total. The molecule has 1 aliphatic rings. The molecule has 1 fully saturated rings. The van der Waals surface area contributed by atoms with Crippen LogP contribution in [0.25, 0.3) is 0 Å². The number of furan rings is 1. The minimum Gasteiger partial charge on any atom is -0.467 e. The first kappa shape index (κ1) is 14.0. The maximum Gasteiger partial charge on any atom is 0.268 e. The third-order valence-corrected chi connectivity index (χ3v) is 3.80. The fourth-order valence-corrected chi connectivity index (χ4v) is 2.80. The molecule has 1 saturated heterocycles. The summed E-state index contributed by atoms with van der Waals surface area (Å²) in [6, 6.07) is 2.20. The molecule has 0 aliphatic carbocycles. The molecule has 19 heavy (non-hydrogen) atoms. The lowest BCUT2D eigenvalue weighted by molar-refractivity contribution is 0.0950. The number of nitrogens with two attached hydrogens (primary N) is 1. The van der Waals surface area contributed by atoms with E-state index >= 15 is 0 Å². The lowest BCUT2D eigenvalue weighted by atomic mass is 10.1. The van der Waals surface area contributed by atoms with E-state index in [9.17, 15) is 4.79 Å². The summed E-state index contributed by atoms with van der Waals surface area (Å²) in [6.45, 7) is 4.89. The van der Waals surface area contributed by atoms with Crippen molar-refractivity contribution in [2.75, 3.05) is 27.2 Å². The Morgan fingerprint density at radius 1 is 1.58 bits per heavy atom. The molecule has 106 valence electrons. The second-order valence-electron chi connectivity index (χ2n) is 5.43. The minimum absolute atomic E-state index is 0.305. The van der Waals surface area contributed by atoms with E-state index in [-0.39, 0.29) is 5.91 Å². The third kappa shape index (κ3) is 2.97. The second-order valence-corrected chi connectivity index (χ2v) is 5.43. The summed E-state index contributed by atoms with van der Waals surface area (Å²) in [4.78, 5) is 16.1. The predicted octanol–water partition coefficient (Wildman–Crippen LogP) is 0.265. The molecule has 0 aromatic carbocycles. The molecular weight excluding hydrogens is 244 g/mol. The minimum atomic E-state index is -0.305. The van der Waals surface area contributed by atoms with Crippen molar-refractivity contribution in [3.63, 3.8) is 0 Å². The number of nitrogens with one attached hydrogen (secondary N) is 1.